The van der Waals surface area contributed by atoms with Crippen molar-refractivity contribution in [3.8, 4) is 0 Å². The van der Waals surface area contributed by atoms with Gasteiger partial charge in [-0.05, 0) is 13.3 Å². The lowest BCUT2D eigenvalue weighted by atomic mass is 9.89. The number of amides is 1. The number of ether oxygens (including phenoxy) is 2. The third kappa shape index (κ3) is 7.36. The Labute approximate surface area is 130 Å². The van der Waals surface area contributed by atoms with Crippen molar-refractivity contribution in [2.24, 2.45) is 17.1 Å². The summed E-state index contributed by atoms with van der Waals surface area (Å²) in [5.41, 5.74) is 4.34. The maximum absolute atomic E-state index is 11.6. The van der Waals surface area contributed by atoms with Crippen molar-refractivity contribution in [3.63, 3.8) is 0 Å². The van der Waals surface area contributed by atoms with Gasteiger partial charge in [0.1, 0.15) is 6.61 Å². The molecular weight excluding hydrogens is 294 g/mol. The minimum absolute atomic E-state index is 0.0113. The molecule has 0 spiro atoms. The number of esters is 2. The van der Waals surface area contributed by atoms with E-state index in [9.17, 15) is 14.4 Å². The maximum atomic E-state index is 11.6. The highest BCUT2D eigenvalue weighted by atomic mass is 32.2. The molecule has 0 saturated carbocycles. The summed E-state index contributed by atoms with van der Waals surface area (Å²) in [6.07, 6.45) is 0.759. The Morgan fingerprint density at radius 2 is 1.95 bits per heavy atom. The Balaban J connectivity index is 4.00. The number of rotatable bonds is 10. The fourth-order valence-electron chi connectivity index (χ4n) is 1.36. The third-order valence-electron chi connectivity index (χ3n) is 3.31. The Kier molecular flexibility index (Phi) is 9.08. The predicted molar refractivity (Wildman–Crippen MR) is 81.7 cm³/mol. The van der Waals surface area contributed by atoms with Crippen LogP contribution in [0.3, 0.4) is 0 Å². The monoisotopic (exact) mass is 319 g/mol. The van der Waals surface area contributed by atoms with Crippen LogP contribution in [0.5, 0.6) is 0 Å². The van der Waals surface area contributed by atoms with E-state index < -0.39 is 5.41 Å². The second-order valence-corrected chi connectivity index (χ2v) is 6.34. The van der Waals surface area contributed by atoms with Crippen molar-refractivity contribution >= 4 is 29.6 Å². The van der Waals surface area contributed by atoms with E-state index in [0.29, 0.717) is 17.9 Å². The molecular formula is C14H25NO5S. The fraction of sp³-hybridized carbons (Fsp3) is 0.786. The van der Waals surface area contributed by atoms with Gasteiger partial charge in [-0.25, -0.2) is 0 Å². The predicted octanol–water partition coefficient (Wildman–Crippen LogP) is 1.36. The second kappa shape index (κ2) is 9.65. The molecule has 0 radical (unpaired) electrons. The van der Waals surface area contributed by atoms with Crippen molar-refractivity contribution in [3.05, 3.63) is 0 Å². The van der Waals surface area contributed by atoms with E-state index in [2.05, 4.69) is 0 Å². The van der Waals surface area contributed by atoms with Crippen molar-refractivity contribution in [1.82, 2.24) is 0 Å². The molecule has 1 amide bonds. The van der Waals surface area contributed by atoms with Crippen LogP contribution in [0.2, 0.25) is 0 Å². The number of carbonyl (C=O) groups excluding carboxylic acids is 3. The number of thioether (sulfide) groups is 1. The van der Waals surface area contributed by atoms with Crippen molar-refractivity contribution in [2.45, 2.75) is 33.6 Å². The highest BCUT2D eigenvalue weighted by Gasteiger charge is 2.34. The van der Waals surface area contributed by atoms with Gasteiger partial charge in [-0.1, -0.05) is 13.8 Å². The zero-order valence-corrected chi connectivity index (χ0v) is 14.0. The lowest BCUT2D eigenvalue weighted by Gasteiger charge is -2.24. The highest BCUT2D eigenvalue weighted by Crippen LogP contribution is 2.23. The topological polar surface area (TPSA) is 95.7 Å². The van der Waals surface area contributed by atoms with Gasteiger partial charge in [0.15, 0.2) is 0 Å². The molecule has 0 aromatic rings. The molecule has 7 heteroatoms. The zero-order valence-electron chi connectivity index (χ0n) is 13.1. The molecule has 2 N–H and O–H groups in total. The quantitative estimate of drug-likeness (QED) is 0.482. The summed E-state index contributed by atoms with van der Waals surface area (Å²) < 4.78 is 9.84. The number of methoxy groups -OCH3 is 1. The summed E-state index contributed by atoms with van der Waals surface area (Å²) >= 11 is 1.47. The van der Waals surface area contributed by atoms with Crippen LogP contribution < -0.4 is 5.73 Å². The molecule has 2 atom stereocenters. The number of primary amides is 1. The molecule has 0 aliphatic heterocycles. The largest absolute Gasteiger partial charge is 0.469 e. The van der Waals surface area contributed by atoms with E-state index in [-0.39, 0.29) is 36.8 Å². The average molecular weight is 319 g/mol. The van der Waals surface area contributed by atoms with Crippen LogP contribution in [-0.4, -0.2) is 43.1 Å². The molecule has 0 rings (SSSR count). The van der Waals surface area contributed by atoms with Gasteiger partial charge in [0.2, 0.25) is 5.91 Å². The molecule has 0 aromatic carbocycles. The van der Waals surface area contributed by atoms with E-state index in [4.69, 9.17) is 15.2 Å². The second-order valence-electron chi connectivity index (χ2n) is 5.19. The molecule has 0 bridgehead atoms. The lowest BCUT2D eigenvalue weighted by molar-refractivity contribution is -0.160. The minimum atomic E-state index is -0.808. The first-order chi connectivity index (χ1) is 9.76. The number of carbonyl (C=O) groups is 3. The summed E-state index contributed by atoms with van der Waals surface area (Å²) in [6.45, 7) is 5.30. The fourth-order valence-corrected chi connectivity index (χ4v) is 2.36. The van der Waals surface area contributed by atoms with Crippen LogP contribution >= 0.6 is 11.8 Å². The molecule has 0 heterocycles. The Hall–Kier alpha value is -1.24. The minimum Gasteiger partial charge on any atom is -0.469 e. The smallest absolute Gasteiger partial charge is 0.314 e. The van der Waals surface area contributed by atoms with Crippen LogP contribution in [0.15, 0.2) is 0 Å². The summed E-state index contributed by atoms with van der Waals surface area (Å²) in [4.78, 5) is 34.1. The van der Waals surface area contributed by atoms with Crippen LogP contribution in [-0.2, 0) is 23.9 Å². The highest BCUT2D eigenvalue weighted by molar-refractivity contribution is 7.99. The SMILES string of the molecule is CCC(C)(COC(=O)CCSCC(C)C(N)=O)C(=O)OC. The van der Waals surface area contributed by atoms with E-state index >= 15 is 0 Å². The Morgan fingerprint density at radius 1 is 1.33 bits per heavy atom. The van der Waals surface area contributed by atoms with Crippen LogP contribution in [0, 0.1) is 11.3 Å². The first kappa shape index (κ1) is 19.8. The zero-order chi connectivity index (χ0) is 16.5. The van der Waals surface area contributed by atoms with Crippen molar-refractivity contribution in [2.75, 3.05) is 25.2 Å². The standard InChI is InChI=1S/C14H25NO5S/c1-5-14(3,13(18)19-4)9-20-11(16)6-7-21-8-10(2)12(15)17/h10H,5-9H2,1-4H3,(H2,15,17). The number of hydrogen-bond acceptors (Lipinski definition) is 6. The number of nitrogens with two attached hydrogens (primary N) is 1. The summed E-state index contributed by atoms with van der Waals surface area (Å²) in [5.74, 6) is -0.175. The van der Waals surface area contributed by atoms with Gasteiger partial charge in [0.05, 0.1) is 18.9 Å². The summed E-state index contributed by atoms with van der Waals surface area (Å²) in [5, 5.41) is 0. The van der Waals surface area contributed by atoms with Crippen LogP contribution in [0.4, 0.5) is 0 Å². The third-order valence-corrected chi connectivity index (χ3v) is 4.54. The molecule has 2 unspecified atom stereocenters. The molecule has 0 aliphatic carbocycles. The van der Waals surface area contributed by atoms with E-state index in [0.717, 1.165) is 0 Å². The molecule has 6 nitrogen and oxygen atoms in total. The van der Waals surface area contributed by atoms with E-state index in [1.165, 1.54) is 18.9 Å². The molecule has 21 heavy (non-hydrogen) atoms. The average Bonchev–Trinajstić information content (AvgIpc) is 2.47. The Morgan fingerprint density at radius 3 is 2.43 bits per heavy atom. The summed E-state index contributed by atoms with van der Waals surface area (Å²) in [6, 6.07) is 0. The lowest BCUT2D eigenvalue weighted by Crippen LogP contribution is -2.34. The normalized spacial score (nSPS) is 14.9. The number of hydrogen-bond donors (Lipinski definition) is 1. The van der Waals surface area contributed by atoms with Gasteiger partial charge in [-0.15, -0.1) is 0 Å². The van der Waals surface area contributed by atoms with E-state index in [1.54, 1.807) is 13.8 Å². The van der Waals surface area contributed by atoms with Gasteiger partial charge >= 0.3 is 11.9 Å². The maximum Gasteiger partial charge on any atom is 0.314 e. The first-order valence-corrected chi connectivity index (χ1v) is 8.03. The van der Waals surface area contributed by atoms with Crippen molar-refractivity contribution < 1.29 is 23.9 Å². The van der Waals surface area contributed by atoms with Crippen LogP contribution in [0.1, 0.15) is 33.6 Å². The molecule has 122 valence electrons. The molecule has 0 fully saturated rings. The summed E-state index contributed by atoms with van der Waals surface area (Å²) in [7, 11) is 1.31. The van der Waals surface area contributed by atoms with Crippen LogP contribution in [0.25, 0.3) is 0 Å². The van der Waals surface area contributed by atoms with Gasteiger partial charge in [-0.3, -0.25) is 14.4 Å². The molecule has 0 aromatic heterocycles. The van der Waals surface area contributed by atoms with E-state index in [1.807, 2.05) is 6.92 Å². The first-order valence-electron chi connectivity index (χ1n) is 6.88. The van der Waals surface area contributed by atoms with Gasteiger partial charge in [0, 0.05) is 17.4 Å². The molecule has 0 aliphatic rings. The van der Waals surface area contributed by atoms with Gasteiger partial charge < -0.3 is 15.2 Å². The van der Waals surface area contributed by atoms with Crippen molar-refractivity contribution in [1.29, 1.82) is 0 Å². The Bertz CT molecular complexity index is 374. The van der Waals surface area contributed by atoms with Gasteiger partial charge in [-0.2, -0.15) is 11.8 Å². The molecule has 0 saturated heterocycles. The van der Waals surface area contributed by atoms with Gasteiger partial charge in [0.25, 0.3) is 0 Å².